The summed E-state index contributed by atoms with van der Waals surface area (Å²) in [5.74, 6) is 3.08. The van der Waals surface area contributed by atoms with Gasteiger partial charge in [0.15, 0.2) is 0 Å². The van der Waals surface area contributed by atoms with E-state index in [9.17, 15) is 0 Å². The Bertz CT molecular complexity index is 321. The molecular weight excluding hydrogens is 234 g/mol. The smallest absolute Gasteiger partial charge is 0.0468 e. The standard InChI is InChI=1S/C17H29NO/c1-2-15-9-14(1)11-17(15,12-18-16-3-4-16)10-13-5-7-19-8-6-13/h13-16,18H,1-12H2. The predicted molar refractivity (Wildman–Crippen MR) is 77.1 cm³/mol. The molecule has 0 radical (unpaired) electrons. The van der Waals surface area contributed by atoms with Gasteiger partial charge < -0.3 is 10.1 Å². The van der Waals surface area contributed by atoms with Gasteiger partial charge >= 0.3 is 0 Å². The van der Waals surface area contributed by atoms with Gasteiger partial charge in [-0.05, 0) is 74.5 Å². The van der Waals surface area contributed by atoms with Gasteiger partial charge in [0, 0.05) is 25.8 Å². The molecule has 1 saturated heterocycles. The summed E-state index contributed by atoms with van der Waals surface area (Å²) in [6.45, 7) is 3.37. The summed E-state index contributed by atoms with van der Waals surface area (Å²) in [4.78, 5) is 0. The lowest BCUT2D eigenvalue weighted by molar-refractivity contribution is 0.0317. The molecule has 19 heavy (non-hydrogen) atoms. The third kappa shape index (κ3) is 2.58. The van der Waals surface area contributed by atoms with Crippen LogP contribution in [0.25, 0.3) is 0 Å². The Balaban J connectivity index is 1.43. The quantitative estimate of drug-likeness (QED) is 0.821. The van der Waals surface area contributed by atoms with E-state index in [1.54, 1.807) is 6.42 Å². The number of hydrogen-bond donors (Lipinski definition) is 1. The molecule has 4 fully saturated rings. The minimum Gasteiger partial charge on any atom is -0.381 e. The van der Waals surface area contributed by atoms with E-state index in [0.717, 1.165) is 37.0 Å². The normalized spacial score (nSPS) is 42.9. The summed E-state index contributed by atoms with van der Waals surface area (Å²) in [6, 6.07) is 0.880. The first-order chi connectivity index (χ1) is 9.34. The van der Waals surface area contributed by atoms with Crippen molar-refractivity contribution < 1.29 is 4.74 Å². The maximum atomic E-state index is 5.55. The highest BCUT2D eigenvalue weighted by Gasteiger charge is 2.51. The molecule has 2 bridgehead atoms. The third-order valence-electron chi connectivity index (χ3n) is 6.46. The lowest BCUT2D eigenvalue weighted by Crippen LogP contribution is -2.41. The summed E-state index contributed by atoms with van der Waals surface area (Å²) >= 11 is 0. The number of rotatable bonds is 5. The molecule has 4 aliphatic rings. The molecule has 4 rings (SSSR count). The predicted octanol–water partition coefficient (Wildman–Crippen LogP) is 3.36. The first-order valence-corrected chi connectivity index (χ1v) is 8.65. The first kappa shape index (κ1) is 12.6. The van der Waals surface area contributed by atoms with Crippen LogP contribution < -0.4 is 5.32 Å². The van der Waals surface area contributed by atoms with Crippen molar-refractivity contribution in [2.24, 2.45) is 23.2 Å². The number of nitrogens with one attached hydrogen (secondary N) is 1. The van der Waals surface area contributed by atoms with Gasteiger partial charge in [0.2, 0.25) is 0 Å². The van der Waals surface area contributed by atoms with Gasteiger partial charge in [-0.25, -0.2) is 0 Å². The second kappa shape index (κ2) is 5.04. The Morgan fingerprint density at radius 2 is 1.84 bits per heavy atom. The summed E-state index contributed by atoms with van der Waals surface area (Å²) in [7, 11) is 0. The molecule has 0 aromatic carbocycles. The summed E-state index contributed by atoms with van der Waals surface area (Å²) in [5, 5.41) is 3.88. The van der Waals surface area contributed by atoms with E-state index in [1.807, 2.05) is 0 Å². The third-order valence-corrected chi connectivity index (χ3v) is 6.46. The maximum absolute atomic E-state index is 5.55. The van der Waals surface area contributed by atoms with Gasteiger partial charge in [-0.15, -0.1) is 0 Å². The molecule has 0 amide bonds. The van der Waals surface area contributed by atoms with Crippen LogP contribution >= 0.6 is 0 Å². The molecule has 1 aliphatic heterocycles. The van der Waals surface area contributed by atoms with Gasteiger partial charge in [0.1, 0.15) is 0 Å². The minimum atomic E-state index is 0.674. The molecule has 3 saturated carbocycles. The minimum absolute atomic E-state index is 0.674. The molecule has 0 aromatic rings. The molecule has 108 valence electrons. The monoisotopic (exact) mass is 263 g/mol. The Morgan fingerprint density at radius 1 is 1.00 bits per heavy atom. The number of fused-ring (bicyclic) bond motifs is 2. The van der Waals surface area contributed by atoms with Crippen LogP contribution in [0, 0.1) is 23.2 Å². The maximum Gasteiger partial charge on any atom is 0.0468 e. The highest BCUT2D eigenvalue weighted by Crippen LogP contribution is 2.59. The fourth-order valence-electron chi connectivity index (χ4n) is 5.26. The van der Waals surface area contributed by atoms with Crippen molar-refractivity contribution in [3.63, 3.8) is 0 Å². The van der Waals surface area contributed by atoms with Crippen molar-refractivity contribution in [3.8, 4) is 0 Å². The van der Waals surface area contributed by atoms with Crippen molar-refractivity contribution in [1.29, 1.82) is 0 Å². The highest BCUT2D eigenvalue weighted by molar-refractivity contribution is 5.03. The van der Waals surface area contributed by atoms with E-state index < -0.39 is 0 Å². The Hall–Kier alpha value is -0.0800. The van der Waals surface area contributed by atoms with Crippen LogP contribution in [0.1, 0.15) is 57.8 Å². The average Bonchev–Trinajstić information content (AvgIpc) is 3.07. The molecule has 1 heterocycles. The Kier molecular flexibility index (Phi) is 3.35. The van der Waals surface area contributed by atoms with Gasteiger partial charge in [-0.2, -0.15) is 0 Å². The average molecular weight is 263 g/mol. The molecule has 3 unspecified atom stereocenters. The van der Waals surface area contributed by atoms with Crippen molar-refractivity contribution in [2.75, 3.05) is 19.8 Å². The largest absolute Gasteiger partial charge is 0.381 e. The van der Waals surface area contributed by atoms with Crippen LogP contribution in [0.3, 0.4) is 0 Å². The van der Waals surface area contributed by atoms with E-state index in [-0.39, 0.29) is 0 Å². The second-order valence-corrected chi connectivity index (χ2v) is 7.86. The molecule has 0 aromatic heterocycles. The molecular formula is C17H29NO. The van der Waals surface area contributed by atoms with Crippen molar-refractivity contribution in [2.45, 2.75) is 63.8 Å². The molecule has 2 nitrogen and oxygen atoms in total. The van der Waals surface area contributed by atoms with Gasteiger partial charge in [0.25, 0.3) is 0 Å². The van der Waals surface area contributed by atoms with Gasteiger partial charge in [-0.3, -0.25) is 0 Å². The SMILES string of the molecule is C1CC(CC2(CNC3CC3)CC3CCC2C3)CCO1. The van der Waals surface area contributed by atoms with Crippen molar-refractivity contribution in [3.05, 3.63) is 0 Å². The molecule has 2 heteroatoms. The van der Waals surface area contributed by atoms with Crippen molar-refractivity contribution in [1.82, 2.24) is 5.32 Å². The number of hydrogen-bond acceptors (Lipinski definition) is 2. The van der Waals surface area contributed by atoms with E-state index in [0.29, 0.717) is 5.41 Å². The summed E-state index contributed by atoms with van der Waals surface area (Å²) < 4.78 is 5.55. The summed E-state index contributed by atoms with van der Waals surface area (Å²) in [6.07, 6.45) is 13.2. The van der Waals surface area contributed by atoms with E-state index in [4.69, 9.17) is 4.74 Å². The second-order valence-electron chi connectivity index (χ2n) is 7.86. The Labute approximate surface area is 117 Å². The zero-order valence-electron chi connectivity index (χ0n) is 12.2. The zero-order chi connectivity index (χ0) is 12.7. The van der Waals surface area contributed by atoms with Crippen LogP contribution in [-0.4, -0.2) is 25.8 Å². The molecule has 0 spiro atoms. The van der Waals surface area contributed by atoms with Crippen LogP contribution in [0.15, 0.2) is 0 Å². The molecule has 3 aliphatic carbocycles. The van der Waals surface area contributed by atoms with E-state index in [2.05, 4.69) is 5.32 Å². The topological polar surface area (TPSA) is 21.3 Å². The number of ether oxygens (including phenoxy) is 1. The highest BCUT2D eigenvalue weighted by atomic mass is 16.5. The van der Waals surface area contributed by atoms with Gasteiger partial charge in [-0.1, -0.05) is 6.42 Å². The lowest BCUT2D eigenvalue weighted by Gasteiger charge is -2.41. The molecule has 1 N–H and O–H groups in total. The fourth-order valence-corrected chi connectivity index (χ4v) is 5.26. The van der Waals surface area contributed by atoms with Crippen LogP contribution in [0.5, 0.6) is 0 Å². The van der Waals surface area contributed by atoms with E-state index >= 15 is 0 Å². The van der Waals surface area contributed by atoms with E-state index in [1.165, 1.54) is 57.9 Å². The Morgan fingerprint density at radius 3 is 2.47 bits per heavy atom. The van der Waals surface area contributed by atoms with Gasteiger partial charge in [0.05, 0.1) is 0 Å². The molecule has 3 atom stereocenters. The fraction of sp³-hybridized carbons (Fsp3) is 1.00. The summed E-state index contributed by atoms with van der Waals surface area (Å²) in [5.41, 5.74) is 0.674. The first-order valence-electron chi connectivity index (χ1n) is 8.65. The zero-order valence-corrected chi connectivity index (χ0v) is 12.2. The van der Waals surface area contributed by atoms with Crippen molar-refractivity contribution >= 4 is 0 Å². The van der Waals surface area contributed by atoms with Crippen LogP contribution in [0.4, 0.5) is 0 Å². The van der Waals surface area contributed by atoms with Crippen LogP contribution in [0.2, 0.25) is 0 Å². The lowest BCUT2D eigenvalue weighted by atomic mass is 9.67. The van der Waals surface area contributed by atoms with Crippen LogP contribution in [-0.2, 0) is 4.74 Å².